The lowest BCUT2D eigenvalue weighted by molar-refractivity contribution is 0.437. The summed E-state index contributed by atoms with van der Waals surface area (Å²) in [6.07, 6.45) is 3.95. The third kappa shape index (κ3) is 2.08. The Kier molecular flexibility index (Phi) is 2.95. The van der Waals surface area contributed by atoms with Crippen LogP contribution in [0.15, 0.2) is 12.3 Å². The highest BCUT2D eigenvalue weighted by Crippen LogP contribution is 2.26. The topological polar surface area (TPSA) is 65.9 Å². The fourth-order valence-corrected chi connectivity index (χ4v) is 2.02. The number of rotatable bonds is 1. The van der Waals surface area contributed by atoms with E-state index < -0.39 is 0 Å². The fraction of sp³-hybridized carbons (Fsp3) is 0.500. The highest BCUT2D eigenvalue weighted by Gasteiger charge is 2.18. The van der Waals surface area contributed by atoms with Crippen LogP contribution in [0.3, 0.4) is 0 Å². The number of nitrogen functional groups attached to an aromatic ring is 1. The zero-order chi connectivity index (χ0) is 11.5. The second-order valence-electron chi connectivity index (χ2n) is 4.42. The molecule has 2 heterocycles. The minimum absolute atomic E-state index is 0.520. The molecule has 1 aromatic rings. The van der Waals surface area contributed by atoms with Gasteiger partial charge in [-0.15, -0.1) is 0 Å². The predicted molar refractivity (Wildman–Crippen MR) is 64.0 cm³/mol. The molecule has 1 aliphatic rings. The molecule has 0 amide bonds. The lowest BCUT2D eigenvalue weighted by atomic mass is 9.99. The standard InChI is InChI=1S/C12H16N4/c1-9-2-4-16(5-3-9)12-11(14)6-10(7-13)8-15-12/h6,8-9H,2-5,14H2,1H3. The van der Waals surface area contributed by atoms with E-state index in [1.54, 1.807) is 12.3 Å². The Morgan fingerprint density at radius 1 is 1.50 bits per heavy atom. The van der Waals surface area contributed by atoms with Gasteiger partial charge in [-0.25, -0.2) is 4.98 Å². The average molecular weight is 216 g/mol. The first-order valence-corrected chi connectivity index (χ1v) is 5.61. The Balaban J connectivity index is 2.18. The first-order valence-electron chi connectivity index (χ1n) is 5.61. The number of nitrogens with two attached hydrogens (primary N) is 1. The monoisotopic (exact) mass is 216 g/mol. The maximum Gasteiger partial charge on any atom is 0.151 e. The van der Waals surface area contributed by atoms with E-state index >= 15 is 0 Å². The number of hydrogen-bond acceptors (Lipinski definition) is 4. The molecule has 1 aliphatic heterocycles. The number of nitriles is 1. The molecule has 0 saturated carbocycles. The maximum atomic E-state index is 8.74. The number of piperidine rings is 1. The summed E-state index contributed by atoms with van der Waals surface area (Å²) in [7, 11) is 0. The molecule has 2 rings (SSSR count). The molecule has 4 nitrogen and oxygen atoms in total. The molecular formula is C12H16N4. The quantitative estimate of drug-likeness (QED) is 0.777. The van der Waals surface area contributed by atoms with E-state index in [0.29, 0.717) is 11.3 Å². The summed E-state index contributed by atoms with van der Waals surface area (Å²) < 4.78 is 0. The van der Waals surface area contributed by atoms with Crippen LogP contribution in [0.4, 0.5) is 11.5 Å². The summed E-state index contributed by atoms with van der Waals surface area (Å²) in [4.78, 5) is 6.48. The van der Waals surface area contributed by atoms with Gasteiger partial charge in [0.15, 0.2) is 5.82 Å². The second-order valence-corrected chi connectivity index (χ2v) is 4.42. The van der Waals surface area contributed by atoms with Gasteiger partial charge >= 0.3 is 0 Å². The molecule has 1 fully saturated rings. The lowest BCUT2D eigenvalue weighted by Gasteiger charge is -2.31. The number of anilines is 2. The highest BCUT2D eigenvalue weighted by molar-refractivity contribution is 5.64. The van der Waals surface area contributed by atoms with Crippen molar-refractivity contribution in [1.29, 1.82) is 5.26 Å². The number of nitrogens with zero attached hydrogens (tertiary/aromatic N) is 3. The Bertz CT molecular complexity index is 414. The smallest absolute Gasteiger partial charge is 0.151 e. The predicted octanol–water partition coefficient (Wildman–Crippen LogP) is 1.77. The van der Waals surface area contributed by atoms with Crippen LogP contribution < -0.4 is 10.6 Å². The van der Waals surface area contributed by atoms with E-state index in [2.05, 4.69) is 16.8 Å². The molecule has 1 saturated heterocycles. The van der Waals surface area contributed by atoms with Gasteiger partial charge in [-0.2, -0.15) is 5.26 Å². The molecular weight excluding hydrogens is 200 g/mol. The van der Waals surface area contributed by atoms with Crippen molar-refractivity contribution in [2.45, 2.75) is 19.8 Å². The van der Waals surface area contributed by atoms with E-state index in [1.807, 2.05) is 6.07 Å². The SMILES string of the molecule is CC1CCN(c2ncc(C#N)cc2N)CC1. The summed E-state index contributed by atoms with van der Waals surface area (Å²) in [5.74, 6) is 1.61. The van der Waals surface area contributed by atoms with Crippen molar-refractivity contribution < 1.29 is 0 Å². The van der Waals surface area contributed by atoms with E-state index in [1.165, 1.54) is 12.8 Å². The minimum atomic E-state index is 0.520. The molecule has 0 spiro atoms. The average Bonchev–Trinajstić information content (AvgIpc) is 2.30. The highest BCUT2D eigenvalue weighted by atomic mass is 15.2. The second kappa shape index (κ2) is 4.40. The van der Waals surface area contributed by atoms with Crippen molar-refractivity contribution in [3.8, 4) is 6.07 Å². The third-order valence-electron chi connectivity index (χ3n) is 3.11. The van der Waals surface area contributed by atoms with Crippen LogP contribution in [0.5, 0.6) is 0 Å². The Morgan fingerprint density at radius 3 is 2.75 bits per heavy atom. The van der Waals surface area contributed by atoms with Crippen LogP contribution in [0.2, 0.25) is 0 Å². The largest absolute Gasteiger partial charge is 0.396 e. The summed E-state index contributed by atoms with van der Waals surface area (Å²) in [5.41, 5.74) is 7.03. The minimum Gasteiger partial charge on any atom is -0.396 e. The van der Waals surface area contributed by atoms with Gasteiger partial charge in [-0.05, 0) is 24.8 Å². The van der Waals surface area contributed by atoms with Gasteiger partial charge < -0.3 is 10.6 Å². The van der Waals surface area contributed by atoms with Crippen LogP contribution in [-0.2, 0) is 0 Å². The van der Waals surface area contributed by atoms with Gasteiger partial charge in [0.25, 0.3) is 0 Å². The molecule has 4 heteroatoms. The molecule has 0 unspecified atom stereocenters. The van der Waals surface area contributed by atoms with Gasteiger partial charge in [-0.3, -0.25) is 0 Å². The molecule has 16 heavy (non-hydrogen) atoms. The first kappa shape index (κ1) is 10.7. The summed E-state index contributed by atoms with van der Waals surface area (Å²) >= 11 is 0. The molecule has 0 atom stereocenters. The van der Waals surface area contributed by atoms with Crippen molar-refractivity contribution in [2.24, 2.45) is 5.92 Å². The first-order chi connectivity index (χ1) is 7.70. The van der Waals surface area contributed by atoms with Crippen molar-refractivity contribution >= 4 is 11.5 Å². The number of pyridine rings is 1. The van der Waals surface area contributed by atoms with Gasteiger partial charge in [0.2, 0.25) is 0 Å². The third-order valence-corrected chi connectivity index (χ3v) is 3.11. The molecule has 0 aromatic carbocycles. The zero-order valence-electron chi connectivity index (χ0n) is 9.48. The van der Waals surface area contributed by atoms with Crippen LogP contribution >= 0.6 is 0 Å². The van der Waals surface area contributed by atoms with Crippen LogP contribution in [0.1, 0.15) is 25.3 Å². The normalized spacial score (nSPS) is 17.1. The molecule has 0 radical (unpaired) electrons. The lowest BCUT2D eigenvalue weighted by Crippen LogP contribution is -2.33. The van der Waals surface area contributed by atoms with Crippen LogP contribution in [0.25, 0.3) is 0 Å². The molecule has 0 bridgehead atoms. The fourth-order valence-electron chi connectivity index (χ4n) is 2.02. The maximum absolute atomic E-state index is 8.74. The van der Waals surface area contributed by atoms with Crippen molar-refractivity contribution in [1.82, 2.24) is 4.98 Å². The molecule has 1 aromatic heterocycles. The summed E-state index contributed by atoms with van der Waals surface area (Å²) in [5, 5.41) is 8.74. The molecule has 0 aliphatic carbocycles. The van der Waals surface area contributed by atoms with E-state index in [4.69, 9.17) is 11.0 Å². The number of aromatic nitrogens is 1. The van der Waals surface area contributed by atoms with Crippen LogP contribution in [0, 0.1) is 17.2 Å². The van der Waals surface area contributed by atoms with Gasteiger partial charge in [-0.1, -0.05) is 6.92 Å². The van der Waals surface area contributed by atoms with E-state index in [-0.39, 0.29) is 0 Å². The van der Waals surface area contributed by atoms with Gasteiger partial charge in [0, 0.05) is 19.3 Å². The summed E-state index contributed by atoms with van der Waals surface area (Å²) in [6.45, 7) is 4.28. The van der Waals surface area contributed by atoms with E-state index in [0.717, 1.165) is 24.8 Å². The number of hydrogen-bond donors (Lipinski definition) is 1. The van der Waals surface area contributed by atoms with Gasteiger partial charge in [0.1, 0.15) is 6.07 Å². The molecule has 2 N–H and O–H groups in total. The van der Waals surface area contributed by atoms with Crippen molar-refractivity contribution in [3.63, 3.8) is 0 Å². The Hall–Kier alpha value is -1.76. The van der Waals surface area contributed by atoms with Crippen molar-refractivity contribution in [3.05, 3.63) is 17.8 Å². The van der Waals surface area contributed by atoms with E-state index in [9.17, 15) is 0 Å². The summed E-state index contributed by atoms with van der Waals surface area (Å²) in [6, 6.07) is 3.74. The zero-order valence-corrected chi connectivity index (χ0v) is 9.48. The Labute approximate surface area is 95.7 Å². The Morgan fingerprint density at radius 2 is 2.19 bits per heavy atom. The van der Waals surface area contributed by atoms with Crippen molar-refractivity contribution in [2.75, 3.05) is 23.7 Å². The van der Waals surface area contributed by atoms with Crippen LogP contribution in [-0.4, -0.2) is 18.1 Å². The van der Waals surface area contributed by atoms with Gasteiger partial charge in [0.05, 0.1) is 11.3 Å². The molecule has 84 valence electrons.